The summed E-state index contributed by atoms with van der Waals surface area (Å²) in [5.74, 6) is 0.821. The predicted molar refractivity (Wildman–Crippen MR) is 111 cm³/mol. The minimum atomic E-state index is 0.693. The van der Waals surface area contributed by atoms with E-state index in [9.17, 15) is 0 Å². The highest BCUT2D eigenvalue weighted by atomic mass is 32.2. The van der Waals surface area contributed by atoms with Crippen LogP contribution in [-0.2, 0) is 0 Å². The summed E-state index contributed by atoms with van der Waals surface area (Å²) in [7, 11) is 0. The lowest BCUT2D eigenvalue weighted by molar-refractivity contribution is 0.619. The minimum Gasteiger partial charge on any atom is -0.456 e. The van der Waals surface area contributed by atoms with Crippen molar-refractivity contribution in [3.8, 4) is 22.5 Å². The molecule has 4 heteroatoms. The number of benzene rings is 3. The van der Waals surface area contributed by atoms with E-state index in [1.165, 1.54) is 10.5 Å². The van der Waals surface area contributed by atoms with Crippen molar-refractivity contribution in [2.75, 3.05) is 18.5 Å². The van der Waals surface area contributed by atoms with E-state index in [0.29, 0.717) is 5.69 Å². The van der Waals surface area contributed by atoms with Gasteiger partial charge in [-0.2, -0.15) is 0 Å². The number of anilines is 1. The summed E-state index contributed by atoms with van der Waals surface area (Å²) >= 11 is 1.74. The molecule has 0 spiro atoms. The molecule has 0 atom stereocenters. The highest BCUT2D eigenvalue weighted by molar-refractivity contribution is 7.98. The van der Waals surface area contributed by atoms with Crippen LogP contribution in [0, 0.1) is 0 Å². The number of nitrogen functional groups attached to an aromatic ring is 1. The SMILES string of the molecule is CCN=c1ccc2c(-c3ccc(SC)cc3)c3ccc(N)cc3oc-2c1. The Morgan fingerprint density at radius 3 is 2.54 bits per heavy atom. The maximum atomic E-state index is 6.18. The monoisotopic (exact) mass is 360 g/mol. The molecule has 0 saturated carbocycles. The summed E-state index contributed by atoms with van der Waals surface area (Å²) in [6.45, 7) is 2.77. The number of thioether (sulfide) groups is 1. The normalized spacial score (nSPS) is 12.2. The minimum absolute atomic E-state index is 0.693. The molecule has 26 heavy (non-hydrogen) atoms. The Hall–Kier alpha value is -2.72. The van der Waals surface area contributed by atoms with Crippen molar-refractivity contribution in [3.05, 3.63) is 66.0 Å². The van der Waals surface area contributed by atoms with Crippen LogP contribution in [0.1, 0.15) is 6.92 Å². The highest BCUT2D eigenvalue weighted by Gasteiger charge is 2.17. The molecule has 2 aliphatic rings. The van der Waals surface area contributed by atoms with Gasteiger partial charge in [-0.05, 0) is 55.1 Å². The third kappa shape index (κ3) is 2.97. The zero-order valence-corrected chi connectivity index (χ0v) is 15.6. The molecule has 130 valence electrons. The van der Waals surface area contributed by atoms with Crippen LogP contribution in [-0.4, -0.2) is 12.8 Å². The topological polar surface area (TPSA) is 51.5 Å². The van der Waals surface area contributed by atoms with Gasteiger partial charge in [0.15, 0.2) is 0 Å². The number of nitrogens with two attached hydrogens (primary N) is 1. The van der Waals surface area contributed by atoms with E-state index >= 15 is 0 Å². The second-order valence-corrected chi connectivity index (χ2v) is 7.00. The van der Waals surface area contributed by atoms with Crippen molar-refractivity contribution in [2.45, 2.75) is 11.8 Å². The van der Waals surface area contributed by atoms with Crippen LogP contribution in [0.5, 0.6) is 0 Å². The Bertz CT molecular complexity index is 1110. The van der Waals surface area contributed by atoms with Crippen LogP contribution in [0.25, 0.3) is 33.4 Å². The van der Waals surface area contributed by atoms with E-state index in [0.717, 1.165) is 39.8 Å². The lowest BCUT2D eigenvalue weighted by atomic mass is 9.93. The van der Waals surface area contributed by atoms with Gasteiger partial charge in [-0.1, -0.05) is 12.1 Å². The summed E-state index contributed by atoms with van der Waals surface area (Å²) in [5, 5.41) is 1.99. The van der Waals surface area contributed by atoms with Crippen LogP contribution >= 0.6 is 11.8 Å². The van der Waals surface area contributed by atoms with E-state index in [1.54, 1.807) is 11.8 Å². The van der Waals surface area contributed by atoms with Gasteiger partial charge < -0.3 is 10.2 Å². The average molecular weight is 360 g/mol. The smallest absolute Gasteiger partial charge is 0.137 e. The molecule has 2 aromatic carbocycles. The summed E-state index contributed by atoms with van der Waals surface area (Å²) in [6, 6.07) is 20.6. The van der Waals surface area contributed by atoms with Gasteiger partial charge in [-0.25, -0.2) is 0 Å². The first-order chi connectivity index (χ1) is 12.7. The first-order valence-electron chi connectivity index (χ1n) is 8.60. The van der Waals surface area contributed by atoms with Gasteiger partial charge in [-0.15, -0.1) is 11.8 Å². The molecule has 1 heterocycles. The highest BCUT2D eigenvalue weighted by Crippen LogP contribution is 2.40. The molecular formula is C22H20N2OS. The van der Waals surface area contributed by atoms with Gasteiger partial charge in [0.1, 0.15) is 11.3 Å². The Balaban J connectivity index is 2.08. The Morgan fingerprint density at radius 1 is 1.00 bits per heavy atom. The summed E-state index contributed by atoms with van der Waals surface area (Å²) in [6.07, 6.45) is 2.09. The molecule has 3 nitrogen and oxygen atoms in total. The van der Waals surface area contributed by atoms with Crippen LogP contribution in [0.4, 0.5) is 5.69 Å². The number of rotatable bonds is 3. The number of hydrogen-bond acceptors (Lipinski definition) is 4. The first-order valence-corrected chi connectivity index (χ1v) is 9.83. The summed E-state index contributed by atoms with van der Waals surface area (Å²) in [4.78, 5) is 5.74. The standard InChI is InChI=1S/C22H20N2OS/c1-3-24-16-7-11-19-21(13-16)25-20-12-15(23)6-10-18(20)22(19)14-4-8-17(26-2)9-5-14/h4-13H,3,23H2,1-2H3. The van der Waals surface area contributed by atoms with Gasteiger partial charge in [0, 0.05) is 45.8 Å². The van der Waals surface area contributed by atoms with Gasteiger partial charge in [-0.3, -0.25) is 4.99 Å². The summed E-state index contributed by atoms with van der Waals surface area (Å²) < 4.78 is 6.18. The molecule has 1 aliphatic heterocycles. The van der Waals surface area contributed by atoms with Gasteiger partial charge in [0.05, 0.1) is 5.36 Å². The molecule has 0 aromatic heterocycles. The number of hydrogen-bond donors (Lipinski definition) is 1. The molecule has 0 unspecified atom stereocenters. The fourth-order valence-electron chi connectivity index (χ4n) is 3.25. The van der Waals surface area contributed by atoms with Gasteiger partial charge in [0.25, 0.3) is 0 Å². The predicted octanol–water partition coefficient (Wildman–Crippen LogP) is 5.43. The van der Waals surface area contributed by atoms with E-state index in [1.807, 2.05) is 37.3 Å². The number of fused-ring (bicyclic) bond motifs is 2. The quantitative estimate of drug-likeness (QED) is 0.301. The lowest BCUT2D eigenvalue weighted by Gasteiger charge is -2.16. The summed E-state index contributed by atoms with van der Waals surface area (Å²) in [5.41, 5.74) is 10.9. The van der Waals surface area contributed by atoms with Crippen molar-refractivity contribution >= 4 is 28.4 Å². The molecule has 4 rings (SSSR count). The molecule has 2 aromatic rings. The van der Waals surface area contributed by atoms with E-state index in [-0.39, 0.29) is 0 Å². The van der Waals surface area contributed by atoms with Crippen LogP contribution in [0.2, 0.25) is 0 Å². The number of nitrogens with zero attached hydrogens (tertiary/aromatic N) is 1. The maximum absolute atomic E-state index is 6.18. The molecule has 0 amide bonds. The van der Waals surface area contributed by atoms with Crippen molar-refractivity contribution < 1.29 is 4.42 Å². The molecule has 2 N–H and O–H groups in total. The van der Waals surface area contributed by atoms with Gasteiger partial charge >= 0.3 is 0 Å². The maximum Gasteiger partial charge on any atom is 0.137 e. The van der Waals surface area contributed by atoms with Crippen LogP contribution < -0.4 is 11.1 Å². The van der Waals surface area contributed by atoms with Crippen molar-refractivity contribution in [3.63, 3.8) is 0 Å². The average Bonchev–Trinajstić information content (AvgIpc) is 2.66. The van der Waals surface area contributed by atoms with Gasteiger partial charge in [0.2, 0.25) is 0 Å². The first kappa shape index (κ1) is 16.7. The molecule has 1 aliphatic carbocycles. The van der Waals surface area contributed by atoms with E-state index in [4.69, 9.17) is 10.2 Å². The molecule has 0 saturated heterocycles. The third-order valence-electron chi connectivity index (χ3n) is 4.45. The Labute approximate surface area is 156 Å². The fourth-order valence-corrected chi connectivity index (χ4v) is 3.65. The zero-order chi connectivity index (χ0) is 18.1. The molecule has 0 radical (unpaired) electrons. The van der Waals surface area contributed by atoms with Crippen molar-refractivity contribution in [2.24, 2.45) is 4.99 Å². The molecule has 0 bridgehead atoms. The van der Waals surface area contributed by atoms with E-state index < -0.39 is 0 Å². The fraction of sp³-hybridized carbons (Fsp3) is 0.136. The van der Waals surface area contributed by atoms with Crippen LogP contribution in [0.3, 0.4) is 0 Å². The van der Waals surface area contributed by atoms with Crippen molar-refractivity contribution in [1.82, 2.24) is 0 Å². The van der Waals surface area contributed by atoms with E-state index in [2.05, 4.69) is 41.6 Å². The third-order valence-corrected chi connectivity index (χ3v) is 5.19. The Kier molecular flexibility index (Phi) is 4.43. The second kappa shape index (κ2) is 6.89. The molecule has 0 fully saturated rings. The lowest BCUT2D eigenvalue weighted by Crippen LogP contribution is -2.03. The van der Waals surface area contributed by atoms with Crippen LogP contribution in [0.15, 0.2) is 75.0 Å². The molecular weight excluding hydrogens is 340 g/mol. The largest absolute Gasteiger partial charge is 0.456 e. The second-order valence-electron chi connectivity index (χ2n) is 6.12. The Morgan fingerprint density at radius 2 is 1.81 bits per heavy atom. The zero-order valence-electron chi connectivity index (χ0n) is 14.8. The van der Waals surface area contributed by atoms with Crippen molar-refractivity contribution in [1.29, 1.82) is 0 Å².